The molecule has 2 rings (SSSR count). The Bertz CT molecular complexity index is 263. The maximum atomic E-state index is 9.35. The first kappa shape index (κ1) is 8.66. The van der Waals surface area contributed by atoms with Crippen molar-refractivity contribution in [3.8, 4) is 0 Å². The molecule has 1 unspecified atom stereocenters. The van der Waals surface area contributed by atoms with Crippen LogP contribution in [0.2, 0.25) is 0 Å². The number of nitrogens with zero attached hydrogens (tertiary/aromatic N) is 2. The minimum Gasteiger partial charge on any atom is -0.314 e. The van der Waals surface area contributed by atoms with Gasteiger partial charge in [0.15, 0.2) is 0 Å². The molecular weight excluding hydrogens is 164 g/mol. The topological polar surface area (TPSA) is 36.4 Å². The first-order chi connectivity index (χ1) is 6.36. The fourth-order valence-corrected chi connectivity index (χ4v) is 1.82. The molecule has 1 atom stereocenters. The van der Waals surface area contributed by atoms with Crippen molar-refractivity contribution < 1.29 is 5.21 Å². The van der Waals surface area contributed by atoms with Crippen LogP contribution < -0.4 is 0 Å². The van der Waals surface area contributed by atoms with Gasteiger partial charge in [-0.2, -0.15) is 5.06 Å². The van der Waals surface area contributed by atoms with Crippen molar-refractivity contribution in [3.05, 3.63) is 30.1 Å². The Morgan fingerprint density at radius 3 is 3.08 bits per heavy atom. The van der Waals surface area contributed by atoms with Gasteiger partial charge in [-0.1, -0.05) is 6.07 Å². The average molecular weight is 178 g/mol. The largest absolute Gasteiger partial charge is 0.314 e. The van der Waals surface area contributed by atoms with E-state index in [2.05, 4.69) is 4.98 Å². The minimum atomic E-state index is 0.403. The van der Waals surface area contributed by atoms with Gasteiger partial charge in [-0.25, -0.2) is 0 Å². The third-order valence-corrected chi connectivity index (χ3v) is 2.51. The highest BCUT2D eigenvalue weighted by molar-refractivity contribution is 5.10. The molecule has 1 fully saturated rings. The van der Waals surface area contributed by atoms with E-state index >= 15 is 0 Å². The van der Waals surface area contributed by atoms with Crippen molar-refractivity contribution in [3.63, 3.8) is 0 Å². The van der Waals surface area contributed by atoms with Crippen molar-refractivity contribution in [2.24, 2.45) is 0 Å². The highest BCUT2D eigenvalue weighted by atomic mass is 16.5. The Labute approximate surface area is 78.0 Å². The monoisotopic (exact) mass is 178 g/mol. The zero-order valence-electron chi connectivity index (χ0n) is 7.56. The van der Waals surface area contributed by atoms with E-state index in [1.165, 1.54) is 5.06 Å². The lowest BCUT2D eigenvalue weighted by molar-refractivity contribution is -0.109. The molecule has 0 radical (unpaired) electrons. The van der Waals surface area contributed by atoms with Gasteiger partial charge in [0.1, 0.15) is 0 Å². The molecule has 0 spiro atoms. The summed E-state index contributed by atoms with van der Waals surface area (Å²) in [7, 11) is 0. The van der Waals surface area contributed by atoms with Crippen molar-refractivity contribution in [1.29, 1.82) is 0 Å². The predicted molar refractivity (Wildman–Crippen MR) is 49.6 cm³/mol. The number of hydrogen-bond acceptors (Lipinski definition) is 3. The second-order valence-electron chi connectivity index (χ2n) is 3.51. The Morgan fingerprint density at radius 1 is 1.46 bits per heavy atom. The fraction of sp³-hybridized carbons (Fsp3) is 0.500. The van der Waals surface area contributed by atoms with Gasteiger partial charge in [0.2, 0.25) is 0 Å². The van der Waals surface area contributed by atoms with Crippen molar-refractivity contribution in [2.45, 2.75) is 18.8 Å². The molecule has 0 aliphatic carbocycles. The van der Waals surface area contributed by atoms with Crippen LogP contribution in [0.1, 0.15) is 24.5 Å². The summed E-state index contributed by atoms with van der Waals surface area (Å²) in [6, 6.07) is 5.95. The molecule has 0 bridgehead atoms. The number of pyridine rings is 1. The molecule has 3 heteroatoms. The first-order valence-electron chi connectivity index (χ1n) is 4.71. The SMILES string of the molecule is ON1CCCC(c2ccccn2)C1. The van der Waals surface area contributed by atoms with Crippen LogP contribution in [0, 0.1) is 0 Å². The van der Waals surface area contributed by atoms with Crippen LogP contribution in [0.5, 0.6) is 0 Å². The van der Waals surface area contributed by atoms with Crippen LogP contribution >= 0.6 is 0 Å². The fourth-order valence-electron chi connectivity index (χ4n) is 1.82. The van der Waals surface area contributed by atoms with Crippen molar-refractivity contribution in [2.75, 3.05) is 13.1 Å². The van der Waals surface area contributed by atoms with Gasteiger partial charge in [0.25, 0.3) is 0 Å². The summed E-state index contributed by atoms with van der Waals surface area (Å²) in [6.45, 7) is 1.51. The maximum absolute atomic E-state index is 9.35. The van der Waals surface area contributed by atoms with Crippen LogP contribution in [0.25, 0.3) is 0 Å². The summed E-state index contributed by atoms with van der Waals surface area (Å²) in [4.78, 5) is 4.30. The van der Waals surface area contributed by atoms with Crippen molar-refractivity contribution >= 4 is 0 Å². The smallest absolute Gasteiger partial charge is 0.0448 e. The molecule has 1 aromatic rings. The molecule has 70 valence electrons. The summed E-state index contributed by atoms with van der Waals surface area (Å²) in [5.41, 5.74) is 1.10. The molecule has 2 heterocycles. The van der Waals surface area contributed by atoms with Gasteiger partial charge in [-0.05, 0) is 25.0 Å². The number of aromatic nitrogens is 1. The van der Waals surface area contributed by atoms with Gasteiger partial charge in [-0.15, -0.1) is 0 Å². The zero-order valence-corrected chi connectivity index (χ0v) is 7.56. The standard InChI is InChI=1S/C10H14N2O/c13-12-7-3-4-9(8-12)10-5-1-2-6-11-10/h1-2,5-6,9,13H,3-4,7-8H2. The summed E-state index contributed by atoms with van der Waals surface area (Å²) in [6.07, 6.45) is 4.00. The van der Waals surface area contributed by atoms with Crippen LogP contribution in [0.3, 0.4) is 0 Å². The van der Waals surface area contributed by atoms with E-state index in [0.717, 1.165) is 31.6 Å². The van der Waals surface area contributed by atoms with Gasteiger partial charge in [0, 0.05) is 30.9 Å². The Hall–Kier alpha value is -0.930. The third-order valence-electron chi connectivity index (χ3n) is 2.51. The molecule has 13 heavy (non-hydrogen) atoms. The number of hydroxylamine groups is 2. The second kappa shape index (κ2) is 3.85. The van der Waals surface area contributed by atoms with Crippen LogP contribution in [0.15, 0.2) is 24.4 Å². The molecule has 0 aromatic carbocycles. The molecule has 1 saturated heterocycles. The van der Waals surface area contributed by atoms with E-state index in [1.54, 1.807) is 0 Å². The minimum absolute atomic E-state index is 0.403. The molecular formula is C10H14N2O. The van der Waals surface area contributed by atoms with Crippen LogP contribution in [0.4, 0.5) is 0 Å². The average Bonchev–Trinajstić information content (AvgIpc) is 2.19. The summed E-state index contributed by atoms with van der Waals surface area (Å²) < 4.78 is 0. The lowest BCUT2D eigenvalue weighted by atomic mass is 9.95. The molecule has 0 amide bonds. The van der Waals surface area contributed by atoms with E-state index < -0.39 is 0 Å². The number of rotatable bonds is 1. The predicted octanol–water partition coefficient (Wildman–Crippen LogP) is 1.65. The van der Waals surface area contributed by atoms with Crippen LogP contribution in [-0.2, 0) is 0 Å². The highest BCUT2D eigenvalue weighted by Crippen LogP contribution is 2.23. The van der Waals surface area contributed by atoms with Gasteiger partial charge in [-0.3, -0.25) is 4.98 Å². The molecule has 1 N–H and O–H groups in total. The van der Waals surface area contributed by atoms with E-state index in [4.69, 9.17) is 0 Å². The molecule has 1 aliphatic rings. The summed E-state index contributed by atoms with van der Waals surface area (Å²) in [5, 5.41) is 10.7. The lowest BCUT2D eigenvalue weighted by Crippen LogP contribution is -2.31. The van der Waals surface area contributed by atoms with E-state index in [-0.39, 0.29) is 0 Å². The van der Waals surface area contributed by atoms with Crippen LogP contribution in [-0.4, -0.2) is 28.3 Å². The van der Waals surface area contributed by atoms with Crippen molar-refractivity contribution in [1.82, 2.24) is 10.0 Å². The Kier molecular flexibility index (Phi) is 2.57. The number of hydrogen-bond donors (Lipinski definition) is 1. The van der Waals surface area contributed by atoms with E-state index in [9.17, 15) is 5.21 Å². The third kappa shape index (κ3) is 2.05. The Balaban J connectivity index is 2.08. The van der Waals surface area contributed by atoms with Gasteiger partial charge < -0.3 is 5.21 Å². The molecule has 3 nitrogen and oxygen atoms in total. The molecule has 0 saturated carbocycles. The lowest BCUT2D eigenvalue weighted by Gasteiger charge is -2.27. The summed E-state index contributed by atoms with van der Waals surface area (Å²) in [5.74, 6) is 0.403. The van der Waals surface area contributed by atoms with Gasteiger partial charge >= 0.3 is 0 Å². The zero-order chi connectivity index (χ0) is 9.10. The normalized spacial score (nSPS) is 24.5. The number of piperidine rings is 1. The highest BCUT2D eigenvalue weighted by Gasteiger charge is 2.20. The van der Waals surface area contributed by atoms with Gasteiger partial charge in [0.05, 0.1) is 0 Å². The Morgan fingerprint density at radius 2 is 2.38 bits per heavy atom. The second-order valence-corrected chi connectivity index (χ2v) is 3.51. The van der Waals surface area contributed by atoms with E-state index in [0.29, 0.717) is 5.92 Å². The molecule has 1 aromatic heterocycles. The van der Waals surface area contributed by atoms with E-state index in [1.807, 2.05) is 24.4 Å². The summed E-state index contributed by atoms with van der Waals surface area (Å²) >= 11 is 0. The molecule has 1 aliphatic heterocycles. The maximum Gasteiger partial charge on any atom is 0.0448 e. The quantitative estimate of drug-likeness (QED) is 0.710. The first-order valence-corrected chi connectivity index (χ1v) is 4.71.